The third-order valence-corrected chi connectivity index (χ3v) is 8.48. The number of carbonyl (C=O) groups is 1. The van der Waals surface area contributed by atoms with Crippen molar-refractivity contribution >= 4 is 45.2 Å². The van der Waals surface area contributed by atoms with Crippen molar-refractivity contribution in [2.24, 2.45) is 0 Å². The van der Waals surface area contributed by atoms with E-state index in [0.717, 1.165) is 32.4 Å². The van der Waals surface area contributed by atoms with Gasteiger partial charge in [0.2, 0.25) is 5.13 Å². The van der Waals surface area contributed by atoms with E-state index in [9.17, 15) is 4.79 Å². The minimum atomic E-state index is -0.235. The molecule has 0 radical (unpaired) electrons. The Morgan fingerprint density at radius 1 is 0.806 bits per heavy atom. The highest BCUT2D eigenvalue weighted by atomic mass is 32.2. The minimum Gasteiger partial charge on any atom is -0.296 e. The summed E-state index contributed by atoms with van der Waals surface area (Å²) >= 11 is 3.20. The smallest absolute Gasteiger partial charge is 0.257 e. The van der Waals surface area contributed by atoms with Gasteiger partial charge in [0.15, 0.2) is 4.34 Å². The van der Waals surface area contributed by atoms with E-state index in [1.165, 1.54) is 37.0 Å². The molecule has 1 fully saturated rings. The summed E-state index contributed by atoms with van der Waals surface area (Å²) < 4.78 is 0.905. The Hall–Kier alpha value is -3.62. The molecule has 6 rings (SSSR count). The lowest BCUT2D eigenvalue weighted by Gasteiger charge is -2.11. The lowest BCUT2D eigenvalue weighted by Crippen LogP contribution is -2.11. The molecule has 0 saturated heterocycles. The minimum absolute atomic E-state index is 0.235. The fourth-order valence-electron chi connectivity index (χ4n) is 4.42. The van der Waals surface area contributed by atoms with Gasteiger partial charge in [0.25, 0.3) is 5.91 Å². The number of hydrogen-bond acceptors (Lipinski definition) is 7. The zero-order valence-corrected chi connectivity index (χ0v) is 21.1. The lowest BCUT2D eigenvalue weighted by atomic mass is 10.0. The summed E-state index contributed by atoms with van der Waals surface area (Å²) in [6.45, 7) is 0. The SMILES string of the molecule is O=C(Nc1nnc(SC2CCCC2)s1)c1ccc2nc(-c3ccccc3)c(-c3ccccc3)nc2c1. The number of anilines is 1. The summed E-state index contributed by atoms with van der Waals surface area (Å²) in [6.07, 6.45) is 5.01. The third kappa shape index (κ3) is 4.87. The Bertz CT molecular complexity index is 1520. The molecule has 6 nitrogen and oxygen atoms in total. The molecule has 0 bridgehead atoms. The molecule has 3 aromatic carbocycles. The van der Waals surface area contributed by atoms with Gasteiger partial charge in [-0.25, -0.2) is 9.97 Å². The molecule has 1 amide bonds. The summed E-state index contributed by atoms with van der Waals surface area (Å²) in [5.74, 6) is -0.235. The fourth-order valence-corrected chi connectivity index (χ4v) is 6.67. The Morgan fingerprint density at radius 3 is 2.11 bits per heavy atom. The van der Waals surface area contributed by atoms with Crippen molar-refractivity contribution in [2.75, 3.05) is 5.32 Å². The number of carbonyl (C=O) groups excluding carboxylic acids is 1. The molecule has 36 heavy (non-hydrogen) atoms. The van der Waals surface area contributed by atoms with Crippen LogP contribution in [0.25, 0.3) is 33.5 Å². The van der Waals surface area contributed by atoms with Crippen LogP contribution < -0.4 is 5.32 Å². The first kappa shape index (κ1) is 22.8. The van der Waals surface area contributed by atoms with Crippen LogP contribution in [0, 0.1) is 0 Å². The molecule has 0 spiro atoms. The van der Waals surface area contributed by atoms with Crippen LogP contribution in [0.5, 0.6) is 0 Å². The van der Waals surface area contributed by atoms with E-state index in [-0.39, 0.29) is 5.91 Å². The molecule has 2 aromatic heterocycles. The van der Waals surface area contributed by atoms with Crippen LogP contribution in [0.4, 0.5) is 5.13 Å². The average Bonchev–Trinajstić information content (AvgIpc) is 3.61. The van der Waals surface area contributed by atoms with Gasteiger partial charge in [-0.3, -0.25) is 10.1 Å². The Balaban J connectivity index is 1.30. The van der Waals surface area contributed by atoms with Crippen molar-refractivity contribution in [2.45, 2.75) is 35.3 Å². The van der Waals surface area contributed by atoms with Gasteiger partial charge in [0.1, 0.15) is 0 Å². The fraction of sp³-hybridized carbons (Fsp3) is 0.179. The third-order valence-electron chi connectivity index (χ3n) is 6.22. The van der Waals surface area contributed by atoms with Crippen LogP contribution in [0.1, 0.15) is 36.0 Å². The normalized spacial score (nSPS) is 13.8. The summed E-state index contributed by atoms with van der Waals surface area (Å²) in [6, 6.07) is 25.5. The van der Waals surface area contributed by atoms with Gasteiger partial charge in [-0.1, -0.05) is 96.6 Å². The average molecular weight is 510 g/mol. The molecular formula is C28H23N5OS2. The van der Waals surface area contributed by atoms with E-state index in [4.69, 9.17) is 9.97 Å². The van der Waals surface area contributed by atoms with Gasteiger partial charge in [0.05, 0.1) is 22.4 Å². The van der Waals surface area contributed by atoms with Crippen molar-refractivity contribution in [1.82, 2.24) is 20.2 Å². The summed E-state index contributed by atoms with van der Waals surface area (Å²) in [5, 5.41) is 12.4. The van der Waals surface area contributed by atoms with Crippen LogP contribution in [0.2, 0.25) is 0 Å². The number of benzene rings is 3. The number of thioether (sulfide) groups is 1. The Morgan fingerprint density at radius 2 is 1.44 bits per heavy atom. The molecule has 0 aliphatic heterocycles. The number of nitrogens with zero attached hydrogens (tertiary/aromatic N) is 4. The second kappa shape index (κ2) is 10.2. The van der Waals surface area contributed by atoms with Gasteiger partial charge in [-0.05, 0) is 31.0 Å². The lowest BCUT2D eigenvalue weighted by molar-refractivity contribution is 0.102. The maximum Gasteiger partial charge on any atom is 0.257 e. The maximum absolute atomic E-state index is 13.0. The highest BCUT2D eigenvalue weighted by molar-refractivity contribution is 8.01. The number of aromatic nitrogens is 4. The highest BCUT2D eigenvalue weighted by Crippen LogP contribution is 2.37. The maximum atomic E-state index is 13.0. The second-order valence-electron chi connectivity index (χ2n) is 8.71. The quantitative estimate of drug-likeness (QED) is 0.246. The van der Waals surface area contributed by atoms with Crippen molar-refractivity contribution in [1.29, 1.82) is 0 Å². The first-order chi connectivity index (χ1) is 17.7. The van der Waals surface area contributed by atoms with E-state index in [0.29, 0.717) is 21.5 Å². The van der Waals surface area contributed by atoms with Gasteiger partial charge >= 0.3 is 0 Å². The molecule has 2 heterocycles. The van der Waals surface area contributed by atoms with Gasteiger partial charge < -0.3 is 0 Å². The number of hydrogen-bond donors (Lipinski definition) is 1. The molecule has 5 aromatic rings. The van der Waals surface area contributed by atoms with Crippen molar-refractivity contribution in [3.8, 4) is 22.5 Å². The predicted octanol–water partition coefficient (Wildman–Crippen LogP) is 7.10. The molecular weight excluding hydrogens is 486 g/mol. The monoisotopic (exact) mass is 509 g/mol. The Kier molecular flexibility index (Phi) is 6.44. The number of amides is 1. The van der Waals surface area contributed by atoms with Gasteiger partial charge in [-0.15, -0.1) is 10.2 Å². The van der Waals surface area contributed by atoms with E-state index in [2.05, 4.69) is 15.5 Å². The summed E-state index contributed by atoms with van der Waals surface area (Å²) in [4.78, 5) is 22.9. The molecule has 1 saturated carbocycles. The summed E-state index contributed by atoms with van der Waals surface area (Å²) in [5.41, 5.74) is 5.46. The number of fused-ring (bicyclic) bond motifs is 1. The molecule has 1 aliphatic rings. The summed E-state index contributed by atoms with van der Waals surface area (Å²) in [7, 11) is 0. The van der Waals surface area contributed by atoms with Gasteiger partial charge in [-0.2, -0.15) is 0 Å². The topological polar surface area (TPSA) is 80.7 Å². The molecule has 1 aliphatic carbocycles. The predicted molar refractivity (Wildman–Crippen MR) is 146 cm³/mol. The van der Waals surface area contributed by atoms with Crippen molar-refractivity contribution < 1.29 is 4.79 Å². The van der Waals surface area contributed by atoms with E-state index in [1.54, 1.807) is 23.9 Å². The largest absolute Gasteiger partial charge is 0.296 e. The van der Waals surface area contributed by atoms with E-state index < -0.39 is 0 Å². The van der Waals surface area contributed by atoms with Crippen molar-refractivity contribution in [3.63, 3.8) is 0 Å². The highest BCUT2D eigenvalue weighted by Gasteiger charge is 2.19. The van der Waals surface area contributed by atoms with Crippen LogP contribution in [-0.4, -0.2) is 31.3 Å². The zero-order valence-electron chi connectivity index (χ0n) is 19.4. The van der Waals surface area contributed by atoms with Crippen LogP contribution in [-0.2, 0) is 0 Å². The zero-order chi connectivity index (χ0) is 24.3. The molecule has 0 unspecified atom stereocenters. The molecule has 0 atom stereocenters. The van der Waals surface area contributed by atoms with Crippen molar-refractivity contribution in [3.05, 3.63) is 84.4 Å². The molecule has 8 heteroatoms. The standard InChI is InChI=1S/C28H23N5OS2/c34-26(31-27-32-33-28(36-27)35-21-13-7-8-14-21)20-15-16-22-23(17-20)30-25(19-11-5-2-6-12-19)24(29-22)18-9-3-1-4-10-18/h1-6,9-12,15-17,21H,7-8,13-14H2,(H,31,32,34). The second-order valence-corrected chi connectivity index (χ2v) is 11.2. The molecule has 178 valence electrons. The first-order valence-corrected chi connectivity index (χ1v) is 13.7. The van der Waals surface area contributed by atoms with E-state index >= 15 is 0 Å². The number of rotatable bonds is 6. The Labute approximate surface area is 217 Å². The van der Waals surface area contributed by atoms with Crippen LogP contribution in [0.3, 0.4) is 0 Å². The van der Waals surface area contributed by atoms with Crippen LogP contribution >= 0.6 is 23.1 Å². The van der Waals surface area contributed by atoms with E-state index in [1.807, 2.05) is 66.7 Å². The number of nitrogens with one attached hydrogen (secondary N) is 1. The van der Waals surface area contributed by atoms with Gasteiger partial charge in [0, 0.05) is 21.9 Å². The first-order valence-electron chi connectivity index (χ1n) is 12.0. The van der Waals surface area contributed by atoms with Crippen LogP contribution in [0.15, 0.2) is 83.2 Å². The molecule has 1 N–H and O–H groups in total.